The van der Waals surface area contributed by atoms with Gasteiger partial charge in [-0.3, -0.25) is 9.78 Å². The van der Waals surface area contributed by atoms with E-state index in [0.29, 0.717) is 17.2 Å². The van der Waals surface area contributed by atoms with E-state index in [1.54, 1.807) is 26.5 Å². The van der Waals surface area contributed by atoms with Crippen LogP contribution in [0.25, 0.3) is 11.3 Å². The Hall–Kier alpha value is -3.61. The number of methoxy groups -OCH3 is 2. The molecule has 0 aliphatic rings. The van der Waals surface area contributed by atoms with Crippen molar-refractivity contribution in [1.29, 1.82) is 0 Å². The van der Waals surface area contributed by atoms with Gasteiger partial charge in [0, 0.05) is 17.2 Å². The Kier molecular flexibility index (Phi) is 5.28. The Labute approximate surface area is 150 Å². The van der Waals surface area contributed by atoms with Crippen LogP contribution in [0, 0.1) is 0 Å². The summed E-state index contributed by atoms with van der Waals surface area (Å²) in [6, 6.07) is 16.4. The monoisotopic (exact) mass is 350 g/mol. The first-order valence-corrected chi connectivity index (χ1v) is 7.88. The minimum absolute atomic E-state index is 0.245. The van der Waals surface area contributed by atoms with Crippen molar-refractivity contribution in [1.82, 2.24) is 9.97 Å². The van der Waals surface area contributed by atoms with Crippen molar-refractivity contribution in [2.24, 2.45) is 5.10 Å². The molecule has 1 heterocycles. The van der Waals surface area contributed by atoms with Gasteiger partial charge in [-0.15, -0.1) is 0 Å². The number of hydrazone groups is 1. The van der Waals surface area contributed by atoms with Crippen LogP contribution in [0.5, 0.6) is 11.5 Å². The number of ether oxygens (including phenoxy) is 2. The number of benzene rings is 2. The van der Waals surface area contributed by atoms with Crippen molar-refractivity contribution in [2.45, 2.75) is 0 Å². The SMILES string of the molecule is COc1cccc(/C=N\Nc2nc(-c3ccccc3)cc(=O)[nH]2)c1OC. The third kappa shape index (κ3) is 3.89. The van der Waals surface area contributed by atoms with Gasteiger partial charge in [-0.25, -0.2) is 10.4 Å². The number of para-hydroxylation sites is 1. The van der Waals surface area contributed by atoms with Crippen molar-refractivity contribution in [3.8, 4) is 22.8 Å². The Morgan fingerprint density at radius 2 is 1.88 bits per heavy atom. The van der Waals surface area contributed by atoms with Crippen LogP contribution in [0.15, 0.2) is 64.5 Å². The molecular formula is C19H18N4O3. The topological polar surface area (TPSA) is 88.6 Å². The largest absolute Gasteiger partial charge is 0.493 e. The summed E-state index contributed by atoms with van der Waals surface area (Å²) in [5, 5.41) is 4.13. The molecule has 2 N–H and O–H groups in total. The lowest BCUT2D eigenvalue weighted by Crippen LogP contribution is -2.10. The quantitative estimate of drug-likeness (QED) is 0.527. The average Bonchev–Trinajstić information content (AvgIpc) is 2.68. The second kappa shape index (κ2) is 7.98. The molecule has 0 aliphatic heterocycles. The maximum absolute atomic E-state index is 11.9. The van der Waals surface area contributed by atoms with E-state index < -0.39 is 0 Å². The fourth-order valence-electron chi connectivity index (χ4n) is 2.44. The minimum Gasteiger partial charge on any atom is -0.493 e. The molecule has 2 aromatic carbocycles. The first-order valence-electron chi connectivity index (χ1n) is 7.88. The van der Waals surface area contributed by atoms with Crippen LogP contribution in [0.4, 0.5) is 5.95 Å². The molecule has 3 rings (SSSR count). The van der Waals surface area contributed by atoms with Crippen molar-refractivity contribution in [3.05, 3.63) is 70.5 Å². The molecule has 7 nitrogen and oxygen atoms in total. The number of rotatable bonds is 6. The summed E-state index contributed by atoms with van der Waals surface area (Å²) in [6.07, 6.45) is 1.57. The fraction of sp³-hybridized carbons (Fsp3) is 0.105. The highest BCUT2D eigenvalue weighted by molar-refractivity contribution is 5.85. The highest BCUT2D eigenvalue weighted by Gasteiger charge is 2.07. The van der Waals surface area contributed by atoms with Crippen LogP contribution in [-0.2, 0) is 0 Å². The van der Waals surface area contributed by atoms with E-state index in [1.807, 2.05) is 42.5 Å². The molecule has 1 aromatic heterocycles. The third-order valence-electron chi connectivity index (χ3n) is 3.62. The summed E-state index contributed by atoms with van der Waals surface area (Å²) < 4.78 is 10.6. The third-order valence-corrected chi connectivity index (χ3v) is 3.62. The molecule has 132 valence electrons. The van der Waals surface area contributed by atoms with Crippen LogP contribution >= 0.6 is 0 Å². The zero-order chi connectivity index (χ0) is 18.4. The maximum atomic E-state index is 11.9. The van der Waals surface area contributed by atoms with E-state index in [4.69, 9.17) is 9.47 Å². The van der Waals surface area contributed by atoms with Crippen LogP contribution in [0.1, 0.15) is 5.56 Å². The van der Waals surface area contributed by atoms with Gasteiger partial charge in [0.25, 0.3) is 5.56 Å². The highest BCUT2D eigenvalue weighted by atomic mass is 16.5. The van der Waals surface area contributed by atoms with E-state index in [0.717, 1.165) is 11.1 Å². The molecule has 0 atom stereocenters. The van der Waals surface area contributed by atoms with Gasteiger partial charge in [0.15, 0.2) is 11.5 Å². The fourth-order valence-corrected chi connectivity index (χ4v) is 2.44. The zero-order valence-corrected chi connectivity index (χ0v) is 14.4. The second-order valence-corrected chi connectivity index (χ2v) is 5.30. The lowest BCUT2D eigenvalue weighted by Gasteiger charge is -2.09. The van der Waals surface area contributed by atoms with Crippen molar-refractivity contribution in [3.63, 3.8) is 0 Å². The van der Waals surface area contributed by atoms with E-state index in [9.17, 15) is 4.79 Å². The van der Waals surface area contributed by atoms with Gasteiger partial charge in [0.05, 0.1) is 26.1 Å². The van der Waals surface area contributed by atoms with Gasteiger partial charge in [0.1, 0.15) is 0 Å². The van der Waals surface area contributed by atoms with E-state index in [2.05, 4.69) is 20.5 Å². The predicted octanol–water partition coefficient (Wildman–Crippen LogP) is 2.90. The van der Waals surface area contributed by atoms with Gasteiger partial charge in [-0.2, -0.15) is 5.10 Å². The minimum atomic E-state index is -0.268. The first kappa shape index (κ1) is 17.2. The number of aromatic amines is 1. The molecule has 0 fully saturated rings. The molecular weight excluding hydrogens is 332 g/mol. The van der Waals surface area contributed by atoms with Crippen molar-refractivity contribution in [2.75, 3.05) is 19.6 Å². The standard InChI is InChI=1S/C19H18N4O3/c1-25-16-10-6-9-14(18(16)26-2)12-20-23-19-21-15(11-17(24)22-19)13-7-4-3-5-8-13/h3-12H,1-2H3,(H2,21,22,23,24)/b20-12-. The van der Waals surface area contributed by atoms with Crippen molar-refractivity contribution >= 4 is 12.2 Å². The lowest BCUT2D eigenvalue weighted by atomic mass is 10.1. The van der Waals surface area contributed by atoms with Crippen LogP contribution < -0.4 is 20.5 Å². The highest BCUT2D eigenvalue weighted by Crippen LogP contribution is 2.29. The number of anilines is 1. The zero-order valence-electron chi connectivity index (χ0n) is 14.4. The summed E-state index contributed by atoms with van der Waals surface area (Å²) in [6.45, 7) is 0. The number of hydrogen-bond acceptors (Lipinski definition) is 6. The number of aromatic nitrogens is 2. The predicted molar refractivity (Wildman–Crippen MR) is 101 cm³/mol. The molecule has 0 saturated carbocycles. The Bertz CT molecular complexity index is 968. The molecule has 3 aromatic rings. The van der Waals surface area contributed by atoms with Crippen LogP contribution in [0.3, 0.4) is 0 Å². The van der Waals surface area contributed by atoms with Gasteiger partial charge >= 0.3 is 0 Å². The van der Waals surface area contributed by atoms with E-state index >= 15 is 0 Å². The first-order chi connectivity index (χ1) is 12.7. The summed E-state index contributed by atoms with van der Waals surface area (Å²) in [4.78, 5) is 18.9. The van der Waals surface area contributed by atoms with Crippen LogP contribution in [0.2, 0.25) is 0 Å². The number of H-pyrrole nitrogens is 1. The number of hydrogen-bond donors (Lipinski definition) is 2. The molecule has 0 radical (unpaired) electrons. The normalized spacial score (nSPS) is 10.7. The van der Waals surface area contributed by atoms with Crippen LogP contribution in [-0.4, -0.2) is 30.4 Å². The lowest BCUT2D eigenvalue weighted by molar-refractivity contribution is 0.354. The average molecular weight is 350 g/mol. The molecule has 0 amide bonds. The van der Waals surface area contributed by atoms with Crippen molar-refractivity contribution < 1.29 is 9.47 Å². The van der Waals surface area contributed by atoms with Gasteiger partial charge in [-0.1, -0.05) is 36.4 Å². The Morgan fingerprint density at radius 3 is 2.62 bits per heavy atom. The Morgan fingerprint density at radius 1 is 1.08 bits per heavy atom. The van der Waals surface area contributed by atoms with Gasteiger partial charge in [-0.05, 0) is 12.1 Å². The summed E-state index contributed by atoms with van der Waals surface area (Å²) in [7, 11) is 3.13. The van der Waals surface area contributed by atoms with Gasteiger partial charge < -0.3 is 9.47 Å². The molecule has 26 heavy (non-hydrogen) atoms. The van der Waals surface area contributed by atoms with E-state index in [-0.39, 0.29) is 11.5 Å². The molecule has 0 aliphatic carbocycles. The molecule has 0 bridgehead atoms. The maximum Gasteiger partial charge on any atom is 0.252 e. The summed E-state index contributed by atoms with van der Waals surface area (Å²) >= 11 is 0. The Balaban J connectivity index is 1.84. The molecule has 0 spiro atoms. The molecule has 0 unspecified atom stereocenters. The summed E-state index contributed by atoms with van der Waals surface area (Å²) in [5.74, 6) is 1.42. The molecule has 0 saturated heterocycles. The van der Waals surface area contributed by atoms with E-state index in [1.165, 1.54) is 6.07 Å². The smallest absolute Gasteiger partial charge is 0.252 e. The number of nitrogens with one attached hydrogen (secondary N) is 2. The van der Waals surface area contributed by atoms with Gasteiger partial charge in [0.2, 0.25) is 5.95 Å². The second-order valence-electron chi connectivity index (χ2n) is 5.30. The number of nitrogens with zero attached hydrogens (tertiary/aromatic N) is 2. The molecule has 7 heteroatoms. The summed E-state index contributed by atoms with van der Waals surface area (Å²) in [5.41, 5.74) is 4.60.